The first-order valence-corrected chi connectivity index (χ1v) is 10.6. The molecule has 1 saturated carbocycles. The summed E-state index contributed by atoms with van der Waals surface area (Å²) in [6, 6.07) is 0.450. The van der Waals surface area contributed by atoms with E-state index in [1.165, 1.54) is 0 Å². The number of nitrogens with one attached hydrogen (secondary N) is 2. The van der Waals surface area contributed by atoms with Crippen molar-refractivity contribution in [1.29, 1.82) is 0 Å². The molecule has 0 aromatic rings. The van der Waals surface area contributed by atoms with Crippen LogP contribution in [0.4, 0.5) is 0 Å². The number of thioether (sulfide) groups is 1. The Morgan fingerprint density at radius 1 is 1.38 bits per heavy atom. The van der Waals surface area contributed by atoms with Crippen LogP contribution in [-0.4, -0.2) is 55.9 Å². The minimum absolute atomic E-state index is 0.168. The van der Waals surface area contributed by atoms with E-state index in [9.17, 15) is 8.42 Å². The second-order valence-electron chi connectivity index (χ2n) is 6.64. The summed E-state index contributed by atoms with van der Waals surface area (Å²) in [7, 11) is -3.32. The third kappa shape index (κ3) is 5.10. The van der Waals surface area contributed by atoms with Gasteiger partial charge in [-0.3, -0.25) is 0 Å². The summed E-state index contributed by atoms with van der Waals surface area (Å²) in [6.07, 6.45) is 6.38. The average molecular weight is 336 g/mol. The molecule has 5 nitrogen and oxygen atoms in total. The van der Waals surface area contributed by atoms with Gasteiger partial charge in [0.1, 0.15) is 0 Å². The fourth-order valence-corrected chi connectivity index (χ4v) is 4.96. The van der Waals surface area contributed by atoms with Gasteiger partial charge in [-0.25, -0.2) is 4.72 Å². The Morgan fingerprint density at radius 2 is 2.10 bits per heavy atom. The van der Waals surface area contributed by atoms with Gasteiger partial charge in [0.15, 0.2) is 0 Å². The molecule has 1 aliphatic heterocycles. The lowest BCUT2D eigenvalue weighted by Crippen LogP contribution is -2.49. The topological polar surface area (TPSA) is 61.4 Å². The summed E-state index contributed by atoms with van der Waals surface area (Å²) in [6.45, 7) is 7.01. The van der Waals surface area contributed by atoms with Crippen LogP contribution < -0.4 is 10.0 Å². The summed E-state index contributed by atoms with van der Waals surface area (Å²) < 4.78 is 29.5. The standard InChI is InChI=1S/C14H29N3O2S2/c1-12(2)15-9-13-5-4-8-17(10-13)21(18,19)16-11-14(20-3)6-7-14/h12-13,15-16H,4-11H2,1-3H3. The highest BCUT2D eigenvalue weighted by molar-refractivity contribution is 8.00. The second-order valence-corrected chi connectivity index (χ2v) is 9.67. The van der Waals surface area contributed by atoms with Gasteiger partial charge in [0.2, 0.25) is 0 Å². The highest BCUT2D eigenvalue weighted by Crippen LogP contribution is 2.46. The van der Waals surface area contributed by atoms with Crippen molar-refractivity contribution in [2.75, 3.05) is 32.4 Å². The first kappa shape index (κ1) is 17.5. The summed E-state index contributed by atoms with van der Waals surface area (Å²) in [4.78, 5) is 0. The molecule has 21 heavy (non-hydrogen) atoms. The van der Waals surface area contributed by atoms with Gasteiger partial charge < -0.3 is 5.32 Å². The Balaban J connectivity index is 1.84. The van der Waals surface area contributed by atoms with Gasteiger partial charge in [-0.2, -0.15) is 24.5 Å². The number of piperidine rings is 1. The maximum absolute atomic E-state index is 12.4. The molecule has 0 radical (unpaired) electrons. The minimum atomic E-state index is -3.32. The average Bonchev–Trinajstić information content (AvgIpc) is 3.24. The van der Waals surface area contributed by atoms with Gasteiger partial charge in [-0.1, -0.05) is 13.8 Å². The predicted molar refractivity (Wildman–Crippen MR) is 89.8 cm³/mol. The lowest BCUT2D eigenvalue weighted by atomic mass is 9.99. The van der Waals surface area contributed by atoms with Gasteiger partial charge in [0.05, 0.1) is 0 Å². The van der Waals surface area contributed by atoms with Crippen LogP contribution in [-0.2, 0) is 10.2 Å². The molecular formula is C14H29N3O2S2. The maximum atomic E-state index is 12.4. The second kappa shape index (κ2) is 7.17. The molecule has 1 aliphatic carbocycles. The van der Waals surface area contributed by atoms with Gasteiger partial charge >= 0.3 is 0 Å². The summed E-state index contributed by atoms with van der Waals surface area (Å²) in [5.74, 6) is 0.424. The van der Waals surface area contributed by atoms with Crippen molar-refractivity contribution < 1.29 is 8.42 Å². The van der Waals surface area contributed by atoms with Crippen molar-refractivity contribution >= 4 is 22.0 Å². The molecule has 7 heteroatoms. The molecule has 0 amide bonds. The molecular weight excluding hydrogens is 306 g/mol. The van der Waals surface area contributed by atoms with Crippen LogP contribution in [0.1, 0.15) is 39.5 Å². The molecule has 0 aromatic carbocycles. The Hall–Kier alpha value is 0.180. The molecule has 0 spiro atoms. The van der Waals surface area contributed by atoms with Crippen LogP contribution in [0, 0.1) is 5.92 Å². The largest absolute Gasteiger partial charge is 0.314 e. The Morgan fingerprint density at radius 3 is 2.67 bits per heavy atom. The van der Waals surface area contributed by atoms with Crippen molar-refractivity contribution in [3.8, 4) is 0 Å². The van der Waals surface area contributed by atoms with Gasteiger partial charge in [0, 0.05) is 30.4 Å². The first-order valence-electron chi connectivity index (χ1n) is 7.90. The summed E-state index contributed by atoms with van der Waals surface area (Å²) in [5.41, 5.74) is 0. The Kier molecular flexibility index (Phi) is 5.99. The van der Waals surface area contributed by atoms with Gasteiger partial charge in [-0.05, 0) is 44.4 Å². The number of hydrogen-bond donors (Lipinski definition) is 2. The molecule has 1 heterocycles. The molecule has 2 rings (SSSR count). The maximum Gasteiger partial charge on any atom is 0.279 e. The highest BCUT2D eigenvalue weighted by Gasteiger charge is 2.43. The van der Waals surface area contributed by atoms with Crippen molar-refractivity contribution in [2.24, 2.45) is 5.92 Å². The van der Waals surface area contributed by atoms with E-state index in [4.69, 9.17) is 0 Å². The Bertz CT molecular complexity index is 436. The summed E-state index contributed by atoms with van der Waals surface area (Å²) >= 11 is 1.78. The third-order valence-electron chi connectivity index (χ3n) is 4.45. The Labute approximate surface area is 133 Å². The monoisotopic (exact) mass is 335 g/mol. The molecule has 124 valence electrons. The van der Waals surface area contributed by atoms with E-state index < -0.39 is 10.2 Å². The van der Waals surface area contributed by atoms with Crippen LogP contribution in [0.2, 0.25) is 0 Å². The van der Waals surface area contributed by atoms with E-state index in [2.05, 4.69) is 30.1 Å². The smallest absolute Gasteiger partial charge is 0.279 e. The lowest BCUT2D eigenvalue weighted by Gasteiger charge is -2.32. The SMILES string of the molecule is CSC1(CNS(=O)(=O)N2CCCC(CNC(C)C)C2)CC1. The van der Waals surface area contributed by atoms with Crippen LogP contribution >= 0.6 is 11.8 Å². The summed E-state index contributed by atoms with van der Waals surface area (Å²) in [5, 5.41) is 3.42. The van der Waals surface area contributed by atoms with Crippen LogP contribution in [0.3, 0.4) is 0 Å². The van der Waals surface area contributed by atoms with Crippen LogP contribution in [0.5, 0.6) is 0 Å². The van der Waals surface area contributed by atoms with Crippen LogP contribution in [0.25, 0.3) is 0 Å². The fraction of sp³-hybridized carbons (Fsp3) is 1.00. The van der Waals surface area contributed by atoms with Gasteiger partial charge in [-0.15, -0.1) is 0 Å². The molecule has 0 aromatic heterocycles. The van der Waals surface area contributed by atoms with Crippen molar-refractivity contribution in [3.63, 3.8) is 0 Å². The zero-order valence-corrected chi connectivity index (χ0v) is 15.0. The van der Waals surface area contributed by atoms with E-state index in [1.54, 1.807) is 16.1 Å². The van der Waals surface area contributed by atoms with Crippen molar-refractivity contribution in [2.45, 2.75) is 50.3 Å². The molecule has 1 unspecified atom stereocenters. The van der Waals surface area contributed by atoms with Crippen LogP contribution in [0.15, 0.2) is 0 Å². The van der Waals surface area contributed by atoms with Crippen molar-refractivity contribution in [3.05, 3.63) is 0 Å². The molecule has 2 N–H and O–H groups in total. The normalized spacial score (nSPS) is 26.2. The number of nitrogens with zero attached hydrogens (tertiary/aromatic N) is 1. The molecule has 1 atom stereocenters. The number of rotatable bonds is 8. The zero-order valence-electron chi connectivity index (χ0n) is 13.4. The lowest BCUT2D eigenvalue weighted by molar-refractivity contribution is 0.254. The minimum Gasteiger partial charge on any atom is -0.314 e. The van der Waals surface area contributed by atoms with E-state index in [0.29, 0.717) is 31.6 Å². The molecule has 1 saturated heterocycles. The first-order chi connectivity index (χ1) is 9.87. The van der Waals surface area contributed by atoms with Gasteiger partial charge in [0.25, 0.3) is 10.2 Å². The molecule has 0 bridgehead atoms. The fourth-order valence-electron chi connectivity index (χ4n) is 2.72. The van der Waals surface area contributed by atoms with E-state index >= 15 is 0 Å². The number of hydrogen-bond acceptors (Lipinski definition) is 4. The third-order valence-corrected chi connectivity index (χ3v) is 7.39. The van der Waals surface area contributed by atoms with E-state index in [0.717, 1.165) is 32.2 Å². The molecule has 2 aliphatic rings. The quantitative estimate of drug-likeness (QED) is 0.704. The highest BCUT2D eigenvalue weighted by atomic mass is 32.2. The predicted octanol–water partition coefficient (Wildman–Crippen LogP) is 1.43. The van der Waals surface area contributed by atoms with Crippen molar-refractivity contribution in [1.82, 2.24) is 14.3 Å². The van der Waals surface area contributed by atoms with E-state index in [-0.39, 0.29) is 4.75 Å². The van der Waals surface area contributed by atoms with E-state index in [1.807, 2.05) is 0 Å². The zero-order chi connectivity index (χ0) is 15.5. The molecule has 2 fully saturated rings.